The smallest absolute Gasteiger partial charge is 0.260 e. The van der Waals surface area contributed by atoms with Gasteiger partial charge in [0.1, 0.15) is 17.1 Å². The molecule has 2 aliphatic rings. The van der Waals surface area contributed by atoms with Crippen LogP contribution in [-0.4, -0.2) is 36.1 Å². The molecule has 0 saturated carbocycles. The second kappa shape index (κ2) is 8.78. The first-order valence-electron chi connectivity index (χ1n) is 11.6. The van der Waals surface area contributed by atoms with Gasteiger partial charge in [0, 0.05) is 31.5 Å². The standard InChI is InChI=1S/C29H29NO3/c1-21-8-10-26(22(2)18-21)32-20-28(31)30-16-14-29(15-17-30)13-12-25-19-24(9-11-27(25)33-29)23-6-4-3-5-7-23/h3-13,18-19H,14-17,20H2,1-2H3. The van der Waals surface area contributed by atoms with E-state index in [4.69, 9.17) is 9.47 Å². The number of hydrogen-bond donors (Lipinski definition) is 0. The Morgan fingerprint density at radius 1 is 0.970 bits per heavy atom. The van der Waals surface area contributed by atoms with Crippen molar-refractivity contribution in [2.24, 2.45) is 0 Å². The summed E-state index contributed by atoms with van der Waals surface area (Å²) in [7, 11) is 0. The molecule has 0 atom stereocenters. The summed E-state index contributed by atoms with van der Waals surface area (Å²) in [5, 5.41) is 0. The fourth-order valence-corrected chi connectivity index (χ4v) is 4.67. The van der Waals surface area contributed by atoms with Gasteiger partial charge in [0.15, 0.2) is 6.61 Å². The van der Waals surface area contributed by atoms with Crippen LogP contribution < -0.4 is 9.47 Å². The van der Waals surface area contributed by atoms with Gasteiger partial charge in [-0.3, -0.25) is 4.79 Å². The molecule has 1 saturated heterocycles. The number of rotatable bonds is 4. The lowest BCUT2D eigenvalue weighted by Crippen LogP contribution is -2.50. The predicted molar refractivity (Wildman–Crippen MR) is 131 cm³/mol. The Hall–Kier alpha value is -3.53. The zero-order chi connectivity index (χ0) is 22.8. The Labute approximate surface area is 195 Å². The second-order valence-electron chi connectivity index (χ2n) is 9.06. The average Bonchev–Trinajstić information content (AvgIpc) is 2.84. The maximum Gasteiger partial charge on any atom is 0.260 e. The summed E-state index contributed by atoms with van der Waals surface area (Å²) in [6.07, 6.45) is 5.90. The molecule has 1 amide bonds. The minimum absolute atomic E-state index is 0.0255. The van der Waals surface area contributed by atoms with Crippen LogP contribution in [0.3, 0.4) is 0 Å². The van der Waals surface area contributed by atoms with Gasteiger partial charge < -0.3 is 14.4 Å². The highest BCUT2D eigenvalue weighted by Gasteiger charge is 2.38. The number of amides is 1. The van der Waals surface area contributed by atoms with Crippen LogP contribution in [0.2, 0.25) is 0 Å². The van der Waals surface area contributed by atoms with E-state index in [0.29, 0.717) is 13.1 Å². The molecule has 0 N–H and O–H groups in total. The van der Waals surface area contributed by atoms with Gasteiger partial charge in [-0.1, -0.05) is 60.2 Å². The average molecular weight is 440 g/mol. The van der Waals surface area contributed by atoms with Crippen molar-refractivity contribution in [3.63, 3.8) is 0 Å². The third kappa shape index (κ3) is 4.51. The topological polar surface area (TPSA) is 38.8 Å². The molecule has 3 aromatic carbocycles. The van der Waals surface area contributed by atoms with E-state index in [1.54, 1.807) is 0 Å². The lowest BCUT2D eigenvalue weighted by atomic mass is 9.87. The number of carbonyl (C=O) groups excluding carboxylic acids is 1. The van der Waals surface area contributed by atoms with E-state index in [1.165, 1.54) is 16.7 Å². The van der Waals surface area contributed by atoms with Crippen molar-refractivity contribution in [3.8, 4) is 22.6 Å². The Morgan fingerprint density at radius 3 is 2.52 bits per heavy atom. The van der Waals surface area contributed by atoms with Crippen LogP contribution in [0, 0.1) is 13.8 Å². The molecule has 0 aliphatic carbocycles. The normalized spacial score (nSPS) is 16.2. The number of hydrogen-bond acceptors (Lipinski definition) is 3. The van der Waals surface area contributed by atoms with Gasteiger partial charge in [-0.05, 0) is 54.8 Å². The third-order valence-corrected chi connectivity index (χ3v) is 6.64. The number of piperidine rings is 1. The summed E-state index contributed by atoms with van der Waals surface area (Å²) in [4.78, 5) is 14.6. The number of ether oxygens (including phenoxy) is 2. The minimum atomic E-state index is -0.341. The molecular formula is C29H29NO3. The maximum absolute atomic E-state index is 12.7. The van der Waals surface area contributed by atoms with Crippen LogP contribution in [0.25, 0.3) is 17.2 Å². The van der Waals surface area contributed by atoms with Gasteiger partial charge in [0.05, 0.1) is 0 Å². The maximum atomic E-state index is 12.7. The summed E-state index contributed by atoms with van der Waals surface area (Å²) < 4.78 is 12.3. The molecule has 2 aliphatic heterocycles. The van der Waals surface area contributed by atoms with Crippen LogP contribution in [0.1, 0.15) is 29.5 Å². The largest absolute Gasteiger partial charge is 0.484 e. The Bertz CT molecular complexity index is 1190. The first-order chi connectivity index (χ1) is 16.0. The lowest BCUT2D eigenvalue weighted by molar-refractivity contribution is -0.136. The summed E-state index contributed by atoms with van der Waals surface area (Å²) in [5.41, 5.74) is 5.38. The van der Waals surface area contributed by atoms with Crippen LogP contribution in [0.5, 0.6) is 11.5 Å². The number of aryl methyl sites for hydroxylation is 2. The van der Waals surface area contributed by atoms with Crippen LogP contribution >= 0.6 is 0 Å². The van der Waals surface area contributed by atoms with E-state index < -0.39 is 0 Å². The van der Waals surface area contributed by atoms with Crippen molar-refractivity contribution in [2.75, 3.05) is 19.7 Å². The van der Waals surface area contributed by atoms with Gasteiger partial charge >= 0.3 is 0 Å². The molecule has 168 valence electrons. The Balaban J connectivity index is 1.20. The van der Waals surface area contributed by atoms with Gasteiger partial charge in [-0.2, -0.15) is 0 Å². The first kappa shape index (κ1) is 21.3. The lowest BCUT2D eigenvalue weighted by Gasteiger charge is -2.42. The molecule has 0 bridgehead atoms. The van der Waals surface area contributed by atoms with Crippen molar-refractivity contribution >= 4 is 12.0 Å². The van der Waals surface area contributed by atoms with Crippen molar-refractivity contribution < 1.29 is 14.3 Å². The molecule has 5 rings (SSSR count). The molecule has 1 fully saturated rings. The van der Waals surface area contributed by atoms with Crippen molar-refractivity contribution in [2.45, 2.75) is 32.3 Å². The van der Waals surface area contributed by atoms with Crippen LogP contribution in [0.15, 0.2) is 72.8 Å². The van der Waals surface area contributed by atoms with Gasteiger partial charge in [0.25, 0.3) is 5.91 Å². The zero-order valence-corrected chi connectivity index (χ0v) is 19.2. The summed E-state index contributed by atoms with van der Waals surface area (Å²) in [6, 6.07) is 22.7. The van der Waals surface area contributed by atoms with Gasteiger partial charge in [-0.15, -0.1) is 0 Å². The summed E-state index contributed by atoms with van der Waals surface area (Å²) in [6.45, 7) is 5.45. The molecule has 4 heteroatoms. The molecule has 1 spiro atoms. The van der Waals surface area contributed by atoms with E-state index in [9.17, 15) is 4.79 Å². The Morgan fingerprint density at radius 2 is 1.76 bits per heavy atom. The molecule has 0 radical (unpaired) electrons. The highest BCUT2D eigenvalue weighted by molar-refractivity contribution is 5.78. The molecule has 33 heavy (non-hydrogen) atoms. The third-order valence-electron chi connectivity index (χ3n) is 6.64. The summed E-state index contributed by atoms with van der Waals surface area (Å²) in [5.74, 6) is 1.71. The van der Waals surface area contributed by atoms with E-state index >= 15 is 0 Å². The number of carbonyl (C=O) groups is 1. The van der Waals surface area contributed by atoms with Crippen molar-refractivity contribution in [1.29, 1.82) is 0 Å². The SMILES string of the molecule is Cc1ccc(OCC(=O)N2CCC3(C=Cc4cc(-c5ccccc5)ccc4O3)CC2)c(C)c1. The fourth-order valence-electron chi connectivity index (χ4n) is 4.67. The molecule has 2 heterocycles. The van der Waals surface area contributed by atoms with E-state index in [-0.39, 0.29) is 18.1 Å². The van der Waals surface area contributed by atoms with Crippen LogP contribution in [-0.2, 0) is 4.79 Å². The first-order valence-corrected chi connectivity index (χ1v) is 11.6. The van der Waals surface area contributed by atoms with Gasteiger partial charge in [-0.25, -0.2) is 0 Å². The molecule has 3 aromatic rings. The number of nitrogens with zero attached hydrogens (tertiary/aromatic N) is 1. The fraction of sp³-hybridized carbons (Fsp3) is 0.276. The molecular weight excluding hydrogens is 410 g/mol. The van der Waals surface area contributed by atoms with Crippen LogP contribution in [0.4, 0.5) is 0 Å². The van der Waals surface area contributed by atoms with Gasteiger partial charge in [0.2, 0.25) is 0 Å². The number of fused-ring (bicyclic) bond motifs is 1. The minimum Gasteiger partial charge on any atom is -0.484 e. The number of likely N-dealkylation sites (tertiary alicyclic amines) is 1. The van der Waals surface area contributed by atoms with E-state index in [2.05, 4.69) is 60.7 Å². The monoisotopic (exact) mass is 439 g/mol. The molecule has 4 nitrogen and oxygen atoms in total. The van der Waals surface area contributed by atoms with Crippen molar-refractivity contribution in [3.05, 3.63) is 89.5 Å². The highest BCUT2D eigenvalue weighted by atomic mass is 16.5. The molecule has 0 unspecified atom stereocenters. The highest BCUT2D eigenvalue weighted by Crippen LogP contribution is 2.38. The van der Waals surface area contributed by atoms with E-state index in [1.807, 2.05) is 36.9 Å². The van der Waals surface area contributed by atoms with Crippen molar-refractivity contribution in [1.82, 2.24) is 4.90 Å². The Kier molecular flexibility index (Phi) is 5.67. The summed E-state index contributed by atoms with van der Waals surface area (Å²) >= 11 is 0. The second-order valence-corrected chi connectivity index (χ2v) is 9.06. The molecule has 0 aromatic heterocycles. The quantitative estimate of drug-likeness (QED) is 0.514. The number of benzene rings is 3. The predicted octanol–water partition coefficient (Wildman–Crippen LogP) is 5.82. The van der Waals surface area contributed by atoms with E-state index in [0.717, 1.165) is 35.5 Å². The zero-order valence-electron chi connectivity index (χ0n) is 19.2.